The molecule has 3 rings (SSSR count). The predicted molar refractivity (Wildman–Crippen MR) is 128 cm³/mol. The van der Waals surface area contributed by atoms with Crippen LogP contribution in [0.25, 0.3) is 16.9 Å². The Bertz CT molecular complexity index is 1040. The Morgan fingerprint density at radius 2 is 1.75 bits per heavy atom. The minimum absolute atomic E-state index is 0.0379. The van der Waals surface area contributed by atoms with E-state index in [0.29, 0.717) is 18.9 Å². The van der Waals surface area contributed by atoms with E-state index in [0.717, 1.165) is 22.5 Å². The summed E-state index contributed by atoms with van der Waals surface area (Å²) < 4.78 is 1.72. The highest BCUT2D eigenvalue weighted by Crippen LogP contribution is 2.25. The summed E-state index contributed by atoms with van der Waals surface area (Å²) in [7, 11) is 0. The molecular weight excluding hydrogens is 402 g/mol. The number of benzene rings is 2. The smallest absolute Gasteiger partial charge is 0.317 e. The molecule has 7 heteroatoms. The number of carbonyl (C=O) groups excluding carboxylic acids is 2. The molecule has 0 fully saturated rings. The third-order valence-electron chi connectivity index (χ3n) is 4.86. The van der Waals surface area contributed by atoms with E-state index in [2.05, 4.69) is 10.6 Å². The van der Waals surface area contributed by atoms with Crippen LogP contribution in [0.1, 0.15) is 26.3 Å². The lowest BCUT2D eigenvalue weighted by Gasteiger charge is -2.24. The number of hydrogen-bond donors (Lipinski definition) is 2. The summed E-state index contributed by atoms with van der Waals surface area (Å²) in [6, 6.07) is 19.4. The van der Waals surface area contributed by atoms with Crippen molar-refractivity contribution >= 4 is 17.8 Å². The molecule has 0 aliphatic carbocycles. The third-order valence-corrected chi connectivity index (χ3v) is 4.86. The summed E-state index contributed by atoms with van der Waals surface area (Å²) in [5.74, 6) is 0.524. The number of aromatic nitrogens is 2. The minimum atomic E-state index is -0.273. The van der Waals surface area contributed by atoms with Gasteiger partial charge in [-0.05, 0) is 31.9 Å². The zero-order valence-corrected chi connectivity index (χ0v) is 19.1. The van der Waals surface area contributed by atoms with Gasteiger partial charge in [-0.3, -0.25) is 4.79 Å². The minimum Gasteiger partial charge on any atom is -0.338 e. The van der Waals surface area contributed by atoms with Gasteiger partial charge in [0, 0.05) is 24.7 Å². The summed E-state index contributed by atoms with van der Waals surface area (Å²) in [5, 5.41) is 10.5. The Labute approximate surface area is 189 Å². The van der Waals surface area contributed by atoms with Gasteiger partial charge >= 0.3 is 6.03 Å². The van der Waals surface area contributed by atoms with Crippen molar-refractivity contribution in [3.05, 3.63) is 66.2 Å². The fourth-order valence-corrected chi connectivity index (χ4v) is 3.38. The molecule has 0 bridgehead atoms. The maximum atomic E-state index is 12.9. The number of rotatable bonds is 8. The lowest BCUT2D eigenvalue weighted by Crippen LogP contribution is -2.45. The second kappa shape index (κ2) is 10.6. The van der Waals surface area contributed by atoms with Crippen LogP contribution < -0.4 is 10.6 Å². The van der Waals surface area contributed by atoms with E-state index >= 15 is 0 Å². The molecule has 0 saturated heterocycles. The van der Waals surface area contributed by atoms with Crippen LogP contribution in [0.15, 0.2) is 60.7 Å². The normalized spacial score (nSPS) is 10.8. The van der Waals surface area contributed by atoms with E-state index in [1.54, 1.807) is 4.68 Å². The fourth-order valence-electron chi connectivity index (χ4n) is 3.38. The SMILES string of the molecule is CCNC(=O)N(CC(=O)Nc1cc(-c2ccccc2)nn1-c1ccc(C)cc1)CC(C)C. The van der Waals surface area contributed by atoms with E-state index in [1.165, 1.54) is 4.90 Å². The molecule has 168 valence electrons. The molecule has 0 unspecified atom stereocenters. The Balaban J connectivity index is 1.88. The maximum Gasteiger partial charge on any atom is 0.317 e. The van der Waals surface area contributed by atoms with Crippen LogP contribution in [0.4, 0.5) is 10.6 Å². The quantitative estimate of drug-likeness (QED) is 0.550. The molecule has 0 spiro atoms. The van der Waals surface area contributed by atoms with E-state index in [9.17, 15) is 9.59 Å². The average Bonchev–Trinajstić information content (AvgIpc) is 3.18. The number of amides is 3. The monoisotopic (exact) mass is 433 g/mol. The molecule has 2 aromatic carbocycles. The lowest BCUT2D eigenvalue weighted by atomic mass is 10.1. The van der Waals surface area contributed by atoms with Crippen molar-refractivity contribution in [3.8, 4) is 16.9 Å². The number of nitrogens with one attached hydrogen (secondary N) is 2. The molecule has 0 aliphatic heterocycles. The van der Waals surface area contributed by atoms with Crippen LogP contribution >= 0.6 is 0 Å². The molecular formula is C25H31N5O2. The van der Waals surface area contributed by atoms with Crippen molar-refractivity contribution in [2.45, 2.75) is 27.7 Å². The Morgan fingerprint density at radius 3 is 2.38 bits per heavy atom. The van der Waals surface area contributed by atoms with Crippen LogP contribution in [0.3, 0.4) is 0 Å². The molecule has 7 nitrogen and oxygen atoms in total. The lowest BCUT2D eigenvalue weighted by molar-refractivity contribution is -0.116. The summed E-state index contributed by atoms with van der Waals surface area (Å²) in [6.07, 6.45) is 0. The molecule has 0 aliphatic rings. The predicted octanol–water partition coefficient (Wildman–Crippen LogP) is 4.47. The molecule has 1 aromatic heterocycles. The largest absolute Gasteiger partial charge is 0.338 e. The first-order valence-corrected chi connectivity index (χ1v) is 10.9. The fraction of sp³-hybridized carbons (Fsp3) is 0.320. The second-order valence-corrected chi connectivity index (χ2v) is 8.19. The second-order valence-electron chi connectivity index (χ2n) is 8.19. The molecule has 0 saturated carbocycles. The van der Waals surface area contributed by atoms with Crippen molar-refractivity contribution < 1.29 is 9.59 Å². The third kappa shape index (κ3) is 5.97. The highest BCUT2D eigenvalue weighted by Gasteiger charge is 2.20. The Morgan fingerprint density at radius 1 is 1.06 bits per heavy atom. The number of anilines is 1. The van der Waals surface area contributed by atoms with Gasteiger partial charge in [0.1, 0.15) is 12.4 Å². The summed E-state index contributed by atoms with van der Waals surface area (Å²) in [5.41, 5.74) is 3.69. The maximum absolute atomic E-state index is 12.9. The van der Waals surface area contributed by atoms with Gasteiger partial charge in [-0.25, -0.2) is 9.48 Å². The highest BCUT2D eigenvalue weighted by atomic mass is 16.2. The van der Waals surface area contributed by atoms with Gasteiger partial charge in [-0.2, -0.15) is 5.10 Å². The van der Waals surface area contributed by atoms with Gasteiger partial charge in [0.2, 0.25) is 5.91 Å². The van der Waals surface area contributed by atoms with Gasteiger partial charge in [-0.1, -0.05) is 61.9 Å². The van der Waals surface area contributed by atoms with Crippen LogP contribution in [0, 0.1) is 12.8 Å². The van der Waals surface area contributed by atoms with E-state index < -0.39 is 0 Å². The highest BCUT2D eigenvalue weighted by molar-refractivity contribution is 5.94. The van der Waals surface area contributed by atoms with Gasteiger partial charge in [0.05, 0.1) is 11.4 Å². The number of hydrogen-bond acceptors (Lipinski definition) is 3. The first-order chi connectivity index (χ1) is 15.4. The molecule has 3 aromatic rings. The number of aryl methyl sites for hydroxylation is 1. The van der Waals surface area contributed by atoms with Gasteiger partial charge < -0.3 is 15.5 Å². The van der Waals surface area contributed by atoms with E-state index in [-0.39, 0.29) is 24.4 Å². The summed E-state index contributed by atoms with van der Waals surface area (Å²) in [6.45, 7) is 8.88. The molecule has 0 radical (unpaired) electrons. The molecule has 1 heterocycles. The van der Waals surface area contributed by atoms with Crippen LogP contribution in [0.5, 0.6) is 0 Å². The van der Waals surface area contributed by atoms with Crippen LogP contribution in [-0.2, 0) is 4.79 Å². The number of carbonyl (C=O) groups is 2. The molecule has 3 amide bonds. The number of urea groups is 1. The van der Waals surface area contributed by atoms with Crippen molar-refractivity contribution in [2.24, 2.45) is 5.92 Å². The first kappa shape index (κ1) is 23.1. The standard InChI is InChI=1S/C25H31N5O2/c1-5-26-25(32)29(16-18(2)3)17-24(31)27-23-15-22(20-9-7-6-8-10-20)28-30(23)21-13-11-19(4)12-14-21/h6-15,18H,5,16-17H2,1-4H3,(H,26,32)(H,27,31). The summed E-state index contributed by atoms with van der Waals surface area (Å²) >= 11 is 0. The van der Waals surface area contributed by atoms with Crippen molar-refractivity contribution in [3.63, 3.8) is 0 Å². The van der Waals surface area contributed by atoms with Gasteiger partial charge in [0.15, 0.2) is 0 Å². The average molecular weight is 434 g/mol. The Hall–Kier alpha value is -3.61. The molecule has 2 N–H and O–H groups in total. The molecule has 0 atom stereocenters. The first-order valence-electron chi connectivity index (χ1n) is 10.9. The number of nitrogens with zero attached hydrogens (tertiary/aromatic N) is 3. The zero-order valence-electron chi connectivity index (χ0n) is 19.1. The molecule has 32 heavy (non-hydrogen) atoms. The van der Waals surface area contributed by atoms with Crippen molar-refractivity contribution in [1.29, 1.82) is 0 Å². The van der Waals surface area contributed by atoms with Crippen LogP contribution in [0.2, 0.25) is 0 Å². The van der Waals surface area contributed by atoms with E-state index in [1.807, 2.05) is 88.4 Å². The van der Waals surface area contributed by atoms with Crippen molar-refractivity contribution in [1.82, 2.24) is 20.0 Å². The van der Waals surface area contributed by atoms with E-state index in [4.69, 9.17) is 5.10 Å². The Kier molecular flexibility index (Phi) is 7.65. The van der Waals surface area contributed by atoms with Gasteiger partial charge in [-0.15, -0.1) is 0 Å². The topological polar surface area (TPSA) is 79.3 Å². The zero-order chi connectivity index (χ0) is 23.1. The van der Waals surface area contributed by atoms with Gasteiger partial charge in [0.25, 0.3) is 0 Å². The van der Waals surface area contributed by atoms with Crippen molar-refractivity contribution in [2.75, 3.05) is 25.0 Å². The summed E-state index contributed by atoms with van der Waals surface area (Å²) in [4.78, 5) is 26.9. The van der Waals surface area contributed by atoms with Crippen LogP contribution in [-0.4, -0.2) is 46.3 Å².